The van der Waals surface area contributed by atoms with E-state index in [1.165, 1.54) is 11.3 Å². The van der Waals surface area contributed by atoms with E-state index in [9.17, 15) is 9.59 Å². The quantitative estimate of drug-likeness (QED) is 0.678. The number of rotatable bonds is 8. The average molecular weight is 284 g/mol. The third kappa shape index (κ3) is 5.40. The highest BCUT2D eigenvalue weighted by Crippen LogP contribution is 2.22. The fraction of sp³-hybridized carbons (Fsp3) is 0.538. The van der Waals surface area contributed by atoms with Gasteiger partial charge in [0, 0.05) is 11.3 Å². The van der Waals surface area contributed by atoms with Crippen LogP contribution in [0.3, 0.4) is 0 Å². The van der Waals surface area contributed by atoms with Gasteiger partial charge in [0.05, 0.1) is 12.5 Å². The lowest BCUT2D eigenvalue weighted by Crippen LogP contribution is -2.32. The van der Waals surface area contributed by atoms with Crippen LogP contribution in [0.15, 0.2) is 17.5 Å². The molecule has 106 valence electrons. The maximum Gasteiger partial charge on any atom is 0.305 e. The van der Waals surface area contributed by atoms with Gasteiger partial charge >= 0.3 is 5.97 Å². The zero-order chi connectivity index (χ0) is 14.3. The number of nitrogens with one attached hydrogen (secondary N) is 1. The molecule has 19 heavy (non-hydrogen) atoms. The van der Waals surface area contributed by atoms with Crippen molar-refractivity contribution in [3.05, 3.63) is 22.4 Å². The number of carbonyl (C=O) groups is 2. The third-order valence-corrected chi connectivity index (χ3v) is 3.97. The monoisotopic (exact) mass is 284 g/mol. The fourth-order valence-corrected chi connectivity index (χ4v) is 2.57. The van der Waals surface area contributed by atoms with Gasteiger partial charge in [0.25, 0.3) is 0 Å². The first-order valence-electron chi connectivity index (χ1n) is 6.31. The molecule has 1 heterocycles. The number of carbonyl (C=O) groups excluding carboxylic acids is 1. The van der Waals surface area contributed by atoms with E-state index in [2.05, 4.69) is 5.32 Å². The summed E-state index contributed by atoms with van der Waals surface area (Å²) in [4.78, 5) is 23.6. The lowest BCUT2D eigenvalue weighted by molar-refractivity contribution is -0.137. The third-order valence-electron chi connectivity index (χ3n) is 2.99. The maximum atomic E-state index is 11.9. The van der Waals surface area contributed by atoms with Crippen molar-refractivity contribution in [1.29, 1.82) is 0 Å². The Bertz CT molecular complexity index is 402. The van der Waals surface area contributed by atoms with Gasteiger partial charge in [-0.05, 0) is 23.9 Å². The predicted molar refractivity (Wildman–Crippen MR) is 74.9 cm³/mol. The lowest BCUT2D eigenvalue weighted by Gasteiger charge is -2.18. The predicted octanol–water partition coefficient (Wildman–Crippen LogP) is 1.76. The van der Waals surface area contributed by atoms with Gasteiger partial charge in [-0.1, -0.05) is 19.4 Å². The molecular weight excluding hydrogens is 264 g/mol. The van der Waals surface area contributed by atoms with Gasteiger partial charge in [-0.3, -0.25) is 9.59 Å². The molecule has 1 aromatic rings. The van der Waals surface area contributed by atoms with Crippen molar-refractivity contribution in [1.82, 2.24) is 5.32 Å². The largest absolute Gasteiger partial charge is 0.481 e. The fourth-order valence-electron chi connectivity index (χ4n) is 1.80. The number of hydrogen-bond donors (Lipinski definition) is 3. The molecule has 1 amide bonds. The highest BCUT2D eigenvalue weighted by Gasteiger charge is 2.20. The first-order chi connectivity index (χ1) is 9.06. The molecule has 0 bridgehead atoms. The van der Waals surface area contributed by atoms with Crippen LogP contribution in [0.25, 0.3) is 0 Å². The van der Waals surface area contributed by atoms with E-state index >= 15 is 0 Å². The topological polar surface area (TPSA) is 92.4 Å². The Morgan fingerprint density at radius 2 is 2.21 bits per heavy atom. The number of nitrogens with two attached hydrogens (primary N) is 1. The zero-order valence-electron chi connectivity index (χ0n) is 11.0. The van der Waals surface area contributed by atoms with Crippen molar-refractivity contribution in [3.8, 4) is 0 Å². The molecule has 0 aliphatic heterocycles. The summed E-state index contributed by atoms with van der Waals surface area (Å²) in [5.41, 5.74) is 5.57. The van der Waals surface area contributed by atoms with Crippen LogP contribution in [0.2, 0.25) is 0 Å². The highest BCUT2D eigenvalue weighted by atomic mass is 32.1. The Kier molecular flexibility index (Phi) is 6.52. The lowest BCUT2D eigenvalue weighted by atomic mass is 10.0. The Balaban J connectivity index is 2.62. The summed E-state index contributed by atoms with van der Waals surface area (Å²) in [5.74, 6) is -0.921. The summed E-state index contributed by atoms with van der Waals surface area (Å²) in [7, 11) is 0. The van der Waals surface area contributed by atoms with Gasteiger partial charge in [-0.25, -0.2) is 0 Å². The van der Waals surface area contributed by atoms with Crippen molar-refractivity contribution in [3.63, 3.8) is 0 Å². The van der Waals surface area contributed by atoms with E-state index in [0.717, 1.165) is 11.3 Å². The highest BCUT2D eigenvalue weighted by molar-refractivity contribution is 7.10. The van der Waals surface area contributed by atoms with Gasteiger partial charge in [-0.2, -0.15) is 0 Å². The molecule has 0 saturated heterocycles. The van der Waals surface area contributed by atoms with Crippen LogP contribution >= 0.6 is 11.3 Å². The first kappa shape index (κ1) is 15.7. The van der Waals surface area contributed by atoms with Crippen molar-refractivity contribution < 1.29 is 14.7 Å². The van der Waals surface area contributed by atoms with Crippen LogP contribution in [-0.4, -0.2) is 23.5 Å². The second-order valence-electron chi connectivity index (χ2n) is 4.45. The molecule has 4 N–H and O–H groups in total. The van der Waals surface area contributed by atoms with Crippen LogP contribution in [0.5, 0.6) is 0 Å². The van der Waals surface area contributed by atoms with Crippen molar-refractivity contribution in [2.24, 2.45) is 11.7 Å². The summed E-state index contributed by atoms with van der Waals surface area (Å²) < 4.78 is 0. The summed E-state index contributed by atoms with van der Waals surface area (Å²) in [6.07, 6.45) is 1.08. The van der Waals surface area contributed by atoms with Crippen LogP contribution in [0.4, 0.5) is 0 Å². The Hall–Kier alpha value is -1.40. The van der Waals surface area contributed by atoms with Crippen LogP contribution in [0, 0.1) is 5.92 Å². The Morgan fingerprint density at radius 3 is 2.68 bits per heavy atom. The second-order valence-corrected chi connectivity index (χ2v) is 5.43. The Morgan fingerprint density at radius 1 is 1.47 bits per heavy atom. The molecule has 0 aliphatic rings. The molecule has 6 heteroatoms. The van der Waals surface area contributed by atoms with Crippen molar-refractivity contribution >= 4 is 23.2 Å². The van der Waals surface area contributed by atoms with Crippen molar-refractivity contribution in [2.75, 3.05) is 6.54 Å². The standard InChI is InChI=1S/C13H20N2O3S/c1-2-9(8-14)6-12(16)15-10(7-13(17)18)11-4-3-5-19-11/h3-5,9-10H,2,6-8,14H2,1H3,(H,15,16)(H,17,18). The minimum Gasteiger partial charge on any atom is -0.481 e. The summed E-state index contributed by atoms with van der Waals surface area (Å²) in [5, 5.41) is 13.6. The van der Waals surface area contributed by atoms with Gasteiger partial charge in [-0.15, -0.1) is 11.3 Å². The molecule has 0 spiro atoms. The SMILES string of the molecule is CCC(CN)CC(=O)NC(CC(=O)O)c1cccs1. The molecule has 0 radical (unpaired) electrons. The van der Waals surface area contributed by atoms with E-state index in [1.54, 1.807) is 0 Å². The minimum absolute atomic E-state index is 0.105. The van der Waals surface area contributed by atoms with E-state index in [4.69, 9.17) is 10.8 Å². The molecule has 5 nitrogen and oxygen atoms in total. The number of amides is 1. The Labute approximate surface area is 116 Å². The van der Waals surface area contributed by atoms with Crippen LogP contribution in [-0.2, 0) is 9.59 Å². The summed E-state index contributed by atoms with van der Waals surface area (Å²) in [6, 6.07) is 3.22. The minimum atomic E-state index is -0.926. The molecule has 0 aliphatic carbocycles. The van der Waals surface area contributed by atoms with E-state index in [-0.39, 0.29) is 18.2 Å². The second kappa shape index (κ2) is 7.91. The van der Waals surface area contributed by atoms with Crippen LogP contribution in [0.1, 0.15) is 37.1 Å². The summed E-state index contributed by atoms with van der Waals surface area (Å²) in [6.45, 7) is 2.45. The number of hydrogen-bond acceptors (Lipinski definition) is 4. The van der Waals surface area contributed by atoms with Gasteiger partial charge in [0.2, 0.25) is 5.91 Å². The van der Waals surface area contributed by atoms with E-state index in [1.807, 2.05) is 24.4 Å². The van der Waals surface area contributed by atoms with Crippen LogP contribution < -0.4 is 11.1 Å². The molecule has 0 saturated carbocycles. The zero-order valence-corrected chi connectivity index (χ0v) is 11.8. The molecular formula is C13H20N2O3S. The van der Waals surface area contributed by atoms with E-state index in [0.29, 0.717) is 13.0 Å². The number of aliphatic carboxylic acids is 1. The normalized spacial score (nSPS) is 13.8. The molecule has 0 fully saturated rings. The number of carboxylic acids is 1. The smallest absolute Gasteiger partial charge is 0.305 e. The van der Waals surface area contributed by atoms with E-state index < -0.39 is 12.0 Å². The first-order valence-corrected chi connectivity index (χ1v) is 7.19. The van der Waals surface area contributed by atoms with Gasteiger partial charge in [0.1, 0.15) is 0 Å². The molecule has 1 rings (SSSR count). The van der Waals surface area contributed by atoms with Crippen molar-refractivity contribution in [2.45, 2.75) is 32.2 Å². The maximum absolute atomic E-state index is 11.9. The summed E-state index contributed by atoms with van der Waals surface area (Å²) >= 11 is 1.44. The molecule has 0 aromatic carbocycles. The van der Waals surface area contributed by atoms with Gasteiger partial charge < -0.3 is 16.2 Å². The average Bonchev–Trinajstić information content (AvgIpc) is 2.88. The van der Waals surface area contributed by atoms with Gasteiger partial charge in [0.15, 0.2) is 0 Å². The molecule has 2 unspecified atom stereocenters. The number of carboxylic acid groups (broad SMARTS) is 1. The molecule has 2 atom stereocenters. The molecule has 1 aromatic heterocycles. The number of thiophene rings is 1.